The first-order chi connectivity index (χ1) is 37.2. The van der Waals surface area contributed by atoms with Gasteiger partial charge in [0.2, 0.25) is 0 Å². The lowest BCUT2D eigenvalue weighted by Crippen LogP contribution is -2.41. The number of aliphatic hydroxyl groups is 2. The molecule has 3 aliphatic heterocycles. The van der Waals surface area contributed by atoms with E-state index in [2.05, 4.69) is 53.4 Å². The first kappa shape index (κ1) is 66.1. The standard InChI is InChI=1S/C24H22ClFN6O2.C21H26BFN2O4.C9H8ClIN4.4CH4/c1-30-23(4-5-28-30)29-22-10-19(20(25)11-27-22)17-9-21-24(34)32(7-6-31(21)13-17)12-16-8-18(26)3-2-15(16)14-33;1-20(2)21(3,4)29-22(28-20)16-10-18-19(27)25(8-7-24(18)12-16)11-15-9-17(23)6-5-14(15)13-26;1-15-9(2-3-13-15)14-8-4-7(11)6(10)5-12-8;;;;/h2-5,8-11,13,33H,6-7,12,14H2,1H3,(H,27,29);5-6,9-10,12,26H,7-8,11,13H2,1-4H3;2-5H,1H3,(H,12,14);4*1H4. The molecule has 24 heteroatoms. The van der Waals surface area contributed by atoms with Crippen LogP contribution in [0.15, 0.2) is 110 Å². The summed E-state index contributed by atoms with van der Waals surface area (Å²) in [6.07, 6.45) is 10.4. The van der Waals surface area contributed by atoms with Crippen LogP contribution in [0, 0.1) is 15.2 Å². The summed E-state index contributed by atoms with van der Waals surface area (Å²) in [5.41, 5.74) is 4.98. The van der Waals surface area contributed by atoms with E-state index in [1.165, 1.54) is 24.3 Å². The minimum atomic E-state index is -0.524. The SMILES string of the molecule is C.C.C.C.CC1(C)OB(c2cc3n(c2)CCN(Cc2cc(F)ccc2CO)C3=O)OC1(C)C.Cn1nccc1Nc1cc(-c2cc3n(c2)CCN(Cc2cc(F)ccc2CO)C3=O)c(Cl)cn1.Cn1nccc1Nc1cc(I)c(Cl)cn1. The second-order valence-electron chi connectivity index (χ2n) is 19.8. The zero-order valence-corrected chi connectivity index (χ0v) is 47.2. The zero-order valence-electron chi connectivity index (χ0n) is 43.5. The van der Waals surface area contributed by atoms with E-state index in [-0.39, 0.29) is 73.6 Å². The van der Waals surface area contributed by atoms with Crippen molar-refractivity contribution in [3.8, 4) is 11.1 Å². The van der Waals surface area contributed by atoms with Gasteiger partial charge in [-0.1, -0.05) is 65.0 Å². The van der Waals surface area contributed by atoms with Crippen LogP contribution in [0.4, 0.5) is 32.1 Å². The van der Waals surface area contributed by atoms with Crippen LogP contribution in [0.3, 0.4) is 0 Å². The number of aryl methyl sites for hydroxylation is 2. The molecule has 2 amide bonds. The highest BCUT2D eigenvalue weighted by Crippen LogP contribution is 2.37. The van der Waals surface area contributed by atoms with Crippen LogP contribution < -0.4 is 16.1 Å². The average Bonchev–Trinajstić information content (AvgIpc) is 4.34. The highest BCUT2D eigenvalue weighted by molar-refractivity contribution is 14.1. The number of halogens is 5. The molecule has 9 heterocycles. The Morgan fingerprint density at radius 1 is 0.634 bits per heavy atom. The molecule has 0 bridgehead atoms. The lowest BCUT2D eigenvalue weighted by molar-refractivity contribution is 0.00578. The molecule has 0 radical (unpaired) electrons. The fraction of sp³-hybridized carbons (Fsp3) is 0.345. The molecule has 1 fully saturated rings. The van der Waals surface area contributed by atoms with Crippen LogP contribution in [-0.2, 0) is 62.8 Å². The summed E-state index contributed by atoms with van der Waals surface area (Å²) in [6, 6.07) is 19.5. The van der Waals surface area contributed by atoms with Crippen molar-refractivity contribution in [1.82, 2.24) is 48.5 Å². The maximum atomic E-state index is 13.8. The predicted molar refractivity (Wildman–Crippen MR) is 329 cm³/mol. The number of benzene rings is 2. The topological polar surface area (TPSA) is 195 Å². The Hall–Kier alpha value is -6.67. The molecular formula is C58H72BCl2F2IN12O6. The average molecular weight is 1280 g/mol. The van der Waals surface area contributed by atoms with Crippen molar-refractivity contribution in [2.75, 3.05) is 23.7 Å². The minimum absolute atomic E-state index is 0. The van der Waals surface area contributed by atoms with Gasteiger partial charge < -0.3 is 49.1 Å². The summed E-state index contributed by atoms with van der Waals surface area (Å²) < 4.78 is 47.8. The quantitative estimate of drug-likeness (QED) is 0.0669. The molecule has 6 aromatic heterocycles. The zero-order chi connectivity index (χ0) is 55.6. The number of nitrogens with one attached hydrogen (secondary N) is 2. The van der Waals surface area contributed by atoms with E-state index in [0.717, 1.165) is 37.6 Å². The van der Waals surface area contributed by atoms with Gasteiger partial charge in [0, 0.05) is 110 Å². The first-order valence-electron chi connectivity index (χ1n) is 24.8. The molecule has 438 valence electrons. The minimum Gasteiger partial charge on any atom is -0.399 e. The van der Waals surface area contributed by atoms with E-state index in [1.54, 1.807) is 56.1 Å². The first-order valence-corrected chi connectivity index (χ1v) is 26.6. The maximum Gasteiger partial charge on any atom is 0.496 e. The van der Waals surface area contributed by atoms with E-state index >= 15 is 0 Å². The van der Waals surface area contributed by atoms with Gasteiger partial charge in [-0.25, -0.2) is 18.7 Å². The molecule has 11 rings (SSSR count). The summed E-state index contributed by atoms with van der Waals surface area (Å²) in [5, 5.41) is 34.8. The number of anilines is 4. The second kappa shape index (κ2) is 27.6. The Kier molecular flexibility index (Phi) is 22.3. The molecule has 1 saturated heterocycles. The van der Waals surface area contributed by atoms with Crippen molar-refractivity contribution in [3.63, 3.8) is 0 Å². The Morgan fingerprint density at radius 2 is 1.10 bits per heavy atom. The van der Waals surface area contributed by atoms with Crippen molar-refractivity contribution in [3.05, 3.63) is 169 Å². The predicted octanol–water partition coefficient (Wildman–Crippen LogP) is 11.4. The van der Waals surface area contributed by atoms with Gasteiger partial charge in [0.25, 0.3) is 11.8 Å². The fourth-order valence-electron chi connectivity index (χ4n) is 8.98. The number of hydrogen-bond donors (Lipinski definition) is 4. The summed E-state index contributed by atoms with van der Waals surface area (Å²) in [5.74, 6) is 1.95. The lowest BCUT2D eigenvalue weighted by Gasteiger charge is -2.32. The molecule has 0 aliphatic carbocycles. The smallest absolute Gasteiger partial charge is 0.399 e. The summed E-state index contributed by atoms with van der Waals surface area (Å²) >= 11 is 14.5. The molecule has 0 atom stereocenters. The fourth-order valence-corrected chi connectivity index (χ4v) is 9.73. The number of aliphatic hydroxyl groups excluding tert-OH is 2. The van der Waals surface area contributed by atoms with Crippen LogP contribution in [0.25, 0.3) is 11.1 Å². The monoisotopic (exact) mass is 1280 g/mol. The Bertz CT molecular complexity index is 3500. The summed E-state index contributed by atoms with van der Waals surface area (Å²) in [7, 11) is 3.16. The molecule has 3 aliphatic rings. The van der Waals surface area contributed by atoms with Gasteiger partial charge in [-0.2, -0.15) is 10.2 Å². The Morgan fingerprint density at radius 3 is 1.56 bits per heavy atom. The summed E-state index contributed by atoms with van der Waals surface area (Å²) in [4.78, 5) is 38.1. The summed E-state index contributed by atoms with van der Waals surface area (Å²) in [6.45, 7) is 10.2. The number of nitrogens with zero attached hydrogens (tertiary/aromatic N) is 10. The molecular weight excluding hydrogens is 1210 g/mol. The van der Waals surface area contributed by atoms with E-state index in [9.17, 15) is 28.6 Å². The number of amides is 2. The number of fused-ring (bicyclic) bond motifs is 2. The largest absolute Gasteiger partial charge is 0.496 e. The second-order valence-corrected chi connectivity index (χ2v) is 21.8. The van der Waals surface area contributed by atoms with Crippen molar-refractivity contribution < 1.29 is 37.9 Å². The van der Waals surface area contributed by atoms with E-state index in [1.807, 2.05) is 99.7 Å². The molecule has 8 aromatic rings. The van der Waals surface area contributed by atoms with Crippen LogP contribution in [0.1, 0.15) is 101 Å². The Labute approximate surface area is 502 Å². The third kappa shape index (κ3) is 14.6. The number of pyridine rings is 2. The molecule has 4 N–H and O–H groups in total. The third-order valence-electron chi connectivity index (χ3n) is 14.1. The van der Waals surface area contributed by atoms with Gasteiger partial charge in [0.1, 0.15) is 46.3 Å². The van der Waals surface area contributed by atoms with Crippen molar-refractivity contribution in [2.45, 2.75) is 108 Å². The molecule has 0 spiro atoms. The number of aromatic nitrogens is 8. The number of hydrogen-bond acceptors (Lipinski definition) is 12. The van der Waals surface area contributed by atoms with E-state index in [4.69, 9.17) is 32.5 Å². The molecule has 0 saturated carbocycles. The molecule has 18 nitrogen and oxygen atoms in total. The van der Waals surface area contributed by atoms with Crippen LogP contribution >= 0.6 is 45.8 Å². The number of carbonyl (C=O) groups excluding carboxylic acids is 2. The number of rotatable bonds is 12. The normalized spacial score (nSPS) is 14.6. The molecule has 2 aromatic carbocycles. The van der Waals surface area contributed by atoms with Crippen LogP contribution in [0.2, 0.25) is 10.0 Å². The number of carbonyl (C=O) groups is 2. The van der Waals surface area contributed by atoms with Gasteiger partial charge >= 0.3 is 7.12 Å². The van der Waals surface area contributed by atoms with E-state index in [0.29, 0.717) is 75.7 Å². The van der Waals surface area contributed by atoms with Crippen molar-refractivity contribution in [2.24, 2.45) is 14.1 Å². The highest BCUT2D eigenvalue weighted by Gasteiger charge is 2.52. The van der Waals surface area contributed by atoms with Crippen molar-refractivity contribution >= 4 is 93.5 Å². The van der Waals surface area contributed by atoms with E-state index < -0.39 is 24.1 Å². The van der Waals surface area contributed by atoms with Crippen LogP contribution in [0.5, 0.6) is 0 Å². The van der Waals surface area contributed by atoms with Gasteiger partial charge in [-0.05, 0) is 121 Å². The van der Waals surface area contributed by atoms with Crippen LogP contribution in [-0.4, -0.2) is 102 Å². The lowest BCUT2D eigenvalue weighted by atomic mass is 9.81. The Balaban J connectivity index is 0.000000234. The highest BCUT2D eigenvalue weighted by atomic mass is 127. The van der Waals surface area contributed by atoms with Gasteiger partial charge in [0.15, 0.2) is 0 Å². The molecule has 82 heavy (non-hydrogen) atoms. The third-order valence-corrected chi connectivity index (χ3v) is 15.9. The van der Waals surface area contributed by atoms with Crippen molar-refractivity contribution in [1.29, 1.82) is 0 Å². The maximum absolute atomic E-state index is 13.8. The van der Waals surface area contributed by atoms with Gasteiger partial charge in [0.05, 0.1) is 46.9 Å². The van der Waals surface area contributed by atoms with Gasteiger partial charge in [-0.15, -0.1) is 0 Å². The van der Waals surface area contributed by atoms with Gasteiger partial charge in [-0.3, -0.25) is 19.0 Å². The molecule has 0 unspecified atom stereocenters.